The lowest BCUT2D eigenvalue weighted by atomic mass is 10.1. The number of nitrogens with one attached hydrogen (secondary N) is 1. The SMILES string of the molecule is O=C(NCC1CC1)[C@@H]1CSCN1C(=O)CCc1ccsc1. The molecule has 1 N–H and O–H groups in total. The average Bonchev–Trinajstić information content (AvgIpc) is 2.98. The lowest BCUT2D eigenvalue weighted by Gasteiger charge is -2.23. The molecule has 1 saturated heterocycles. The van der Waals surface area contributed by atoms with Crippen LogP contribution in [0.5, 0.6) is 0 Å². The minimum atomic E-state index is -0.274. The van der Waals surface area contributed by atoms with Gasteiger partial charge in [-0.05, 0) is 47.6 Å². The van der Waals surface area contributed by atoms with E-state index in [2.05, 4.69) is 16.8 Å². The fraction of sp³-hybridized carbons (Fsp3) is 0.600. The Balaban J connectivity index is 1.49. The minimum absolute atomic E-state index is 0.0239. The van der Waals surface area contributed by atoms with Gasteiger partial charge in [0.05, 0.1) is 5.88 Å². The van der Waals surface area contributed by atoms with Crippen molar-refractivity contribution in [3.8, 4) is 0 Å². The fourth-order valence-electron chi connectivity index (χ4n) is 2.42. The van der Waals surface area contributed by atoms with Crippen LogP contribution in [0.15, 0.2) is 16.8 Å². The van der Waals surface area contributed by atoms with Gasteiger partial charge in [0, 0.05) is 18.7 Å². The molecule has 4 nitrogen and oxygen atoms in total. The molecule has 114 valence electrons. The van der Waals surface area contributed by atoms with Crippen LogP contribution in [0.4, 0.5) is 0 Å². The predicted molar refractivity (Wildman–Crippen MR) is 86.3 cm³/mol. The topological polar surface area (TPSA) is 49.4 Å². The quantitative estimate of drug-likeness (QED) is 0.872. The molecular formula is C15H20N2O2S2. The van der Waals surface area contributed by atoms with E-state index in [1.165, 1.54) is 18.4 Å². The van der Waals surface area contributed by atoms with Crippen LogP contribution in [0, 0.1) is 5.92 Å². The van der Waals surface area contributed by atoms with E-state index in [0.717, 1.165) is 18.7 Å². The molecule has 1 aromatic rings. The van der Waals surface area contributed by atoms with Gasteiger partial charge >= 0.3 is 0 Å². The molecule has 1 aliphatic heterocycles. The summed E-state index contributed by atoms with van der Waals surface area (Å²) in [6, 6.07) is 1.78. The molecule has 21 heavy (non-hydrogen) atoms. The number of amides is 2. The van der Waals surface area contributed by atoms with Crippen LogP contribution in [0.1, 0.15) is 24.8 Å². The molecule has 1 aliphatic carbocycles. The first kappa shape index (κ1) is 14.9. The van der Waals surface area contributed by atoms with E-state index in [1.54, 1.807) is 28.0 Å². The van der Waals surface area contributed by atoms with E-state index < -0.39 is 0 Å². The Labute approximate surface area is 133 Å². The lowest BCUT2D eigenvalue weighted by molar-refractivity contribution is -0.138. The fourth-order valence-corrected chi connectivity index (χ4v) is 4.30. The second kappa shape index (κ2) is 6.83. The zero-order valence-corrected chi connectivity index (χ0v) is 13.5. The van der Waals surface area contributed by atoms with Crippen molar-refractivity contribution in [2.45, 2.75) is 31.7 Å². The number of carbonyl (C=O) groups excluding carboxylic acids is 2. The van der Waals surface area contributed by atoms with Crippen molar-refractivity contribution in [1.29, 1.82) is 0 Å². The van der Waals surface area contributed by atoms with Crippen LogP contribution in [0.3, 0.4) is 0 Å². The molecular weight excluding hydrogens is 304 g/mol. The van der Waals surface area contributed by atoms with Crippen molar-refractivity contribution in [1.82, 2.24) is 10.2 Å². The van der Waals surface area contributed by atoms with E-state index in [1.807, 2.05) is 5.38 Å². The van der Waals surface area contributed by atoms with Gasteiger partial charge < -0.3 is 10.2 Å². The number of carbonyl (C=O) groups is 2. The monoisotopic (exact) mass is 324 g/mol. The van der Waals surface area contributed by atoms with Crippen molar-refractivity contribution >= 4 is 34.9 Å². The Bertz CT molecular complexity index is 500. The molecule has 3 rings (SSSR count). The molecule has 0 aromatic carbocycles. The highest BCUT2D eigenvalue weighted by Gasteiger charge is 2.34. The number of nitrogens with zero attached hydrogens (tertiary/aromatic N) is 1. The van der Waals surface area contributed by atoms with Crippen molar-refractivity contribution in [2.24, 2.45) is 5.92 Å². The summed E-state index contributed by atoms with van der Waals surface area (Å²) in [6.45, 7) is 0.775. The Hall–Kier alpha value is -1.01. The molecule has 1 atom stereocenters. The molecule has 0 spiro atoms. The molecule has 1 aromatic heterocycles. The Kier molecular flexibility index (Phi) is 4.85. The number of thioether (sulfide) groups is 1. The van der Waals surface area contributed by atoms with Crippen molar-refractivity contribution in [3.63, 3.8) is 0 Å². The predicted octanol–water partition coefficient (Wildman–Crippen LogP) is 2.11. The second-order valence-corrected chi connectivity index (χ2v) is 7.48. The largest absolute Gasteiger partial charge is 0.354 e. The summed E-state index contributed by atoms with van der Waals surface area (Å²) in [4.78, 5) is 26.3. The highest BCUT2D eigenvalue weighted by Crippen LogP contribution is 2.28. The van der Waals surface area contributed by atoms with Crippen LogP contribution in [-0.4, -0.2) is 40.9 Å². The lowest BCUT2D eigenvalue weighted by Crippen LogP contribution is -2.47. The third-order valence-electron chi connectivity index (χ3n) is 3.97. The maximum atomic E-state index is 12.3. The van der Waals surface area contributed by atoms with Gasteiger partial charge in [-0.25, -0.2) is 0 Å². The zero-order chi connectivity index (χ0) is 14.7. The smallest absolute Gasteiger partial charge is 0.243 e. The molecule has 6 heteroatoms. The highest BCUT2D eigenvalue weighted by atomic mass is 32.2. The van der Waals surface area contributed by atoms with Gasteiger partial charge in [0.15, 0.2) is 0 Å². The van der Waals surface area contributed by atoms with Crippen LogP contribution in [0.2, 0.25) is 0 Å². The Morgan fingerprint density at radius 1 is 1.38 bits per heavy atom. The molecule has 2 heterocycles. The molecule has 0 bridgehead atoms. The van der Waals surface area contributed by atoms with Crippen molar-refractivity contribution in [2.75, 3.05) is 18.2 Å². The number of thiophene rings is 1. The third-order valence-corrected chi connectivity index (χ3v) is 5.72. The first-order valence-corrected chi connectivity index (χ1v) is 9.50. The summed E-state index contributed by atoms with van der Waals surface area (Å²) in [5.41, 5.74) is 1.20. The third kappa shape index (κ3) is 4.01. The molecule has 0 radical (unpaired) electrons. The molecule has 2 amide bonds. The summed E-state index contributed by atoms with van der Waals surface area (Å²) >= 11 is 3.32. The Morgan fingerprint density at radius 2 is 2.24 bits per heavy atom. The maximum absolute atomic E-state index is 12.3. The molecule has 2 fully saturated rings. The number of rotatable bonds is 6. The summed E-state index contributed by atoms with van der Waals surface area (Å²) in [6.07, 6.45) is 3.70. The van der Waals surface area contributed by atoms with Crippen molar-refractivity contribution < 1.29 is 9.59 Å². The first-order valence-electron chi connectivity index (χ1n) is 7.40. The average molecular weight is 324 g/mol. The van der Waals surface area contributed by atoms with Gasteiger partial charge in [-0.15, -0.1) is 11.8 Å². The standard InChI is InChI=1S/C15H20N2O2S2/c18-14(4-3-12-5-6-20-8-12)17-10-21-9-13(17)15(19)16-7-11-1-2-11/h5-6,8,11,13H,1-4,7,9-10H2,(H,16,19)/t13-/m0/s1. The number of hydrogen-bond acceptors (Lipinski definition) is 4. The summed E-state index contributed by atoms with van der Waals surface area (Å²) < 4.78 is 0. The van der Waals surface area contributed by atoms with Gasteiger partial charge in [0.2, 0.25) is 11.8 Å². The van der Waals surface area contributed by atoms with E-state index in [9.17, 15) is 9.59 Å². The van der Waals surface area contributed by atoms with Crippen LogP contribution in [-0.2, 0) is 16.0 Å². The highest BCUT2D eigenvalue weighted by molar-refractivity contribution is 7.99. The van der Waals surface area contributed by atoms with E-state index in [-0.39, 0.29) is 17.9 Å². The first-order chi connectivity index (χ1) is 10.2. The van der Waals surface area contributed by atoms with Gasteiger partial charge in [0.25, 0.3) is 0 Å². The summed E-state index contributed by atoms with van der Waals surface area (Å²) in [5, 5.41) is 7.10. The molecule has 0 unspecified atom stereocenters. The van der Waals surface area contributed by atoms with Gasteiger partial charge in [-0.1, -0.05) is 0 Å². The van der Waals surface area contributed by atoms with Gasteiger partial charge in [0.1, 0.15) is 6.04 Å². The molecule has 2 aliphatic rings. The van der Waals surface area contributed by atoms with Crippen LogP contribution < -0.4 is 5.32 Å². The molecule has 1 saturated carbocycles. The minimum Gasteiger partial charge on any atom is -0.354 e. The Morgan fingerprint density at radius 3 is 2.95 bits per heavy atom. The normalized spacial score (nSPS) is 21.5. The number of hydrogen-bond donors (Lipinski definition) is 1. The van der Waals surface area contributed by atoms with Crippen LogP contribution >= 0.6 is 23.1 Å². The van der Waals surface area contributed by atoms with E-state index >= 15 is 0 Å². The van der Waals surface area contributed by atoms with Gasteiger partial charge in [-0.2, -0.15) is 11.3 Å². The maximum Gasteiger partial charge on any atom is 0.243 e. The summed E-state index contributed by atoms with van der Waals surface area (Å²) in [5.74, 6) is 2.16. The second-order valence-electron chi connectivity index (χ2n) is 5.70. The van der Waals surface area contributed by atoms with E-state index in [4.69, 9.17) is 0 Å². The number of aryl methyl sites for hydroxylation is 1. The zero-order valence-electron chi connectivity index (χ0n) is 11.9. The van der Waals surface area contributed by atoms with Gasteiger partial charge in [-0.3, -0.25) is 9.59 Å². The summed E-state index contributed by atoms with van der Waals surface area (Å²) in [7, 11) is 0. The van der Waals surface area contributed by atoms with E-state index in [0.29, 0.717) is 18.2 Å². The van der Waals surface area contributed by atoms with Crippen LogP contribution in [0.25, 0.3) is 0 Å². The van der Waals surface area contributed by atoms with Crippen molar-refractivity contribution in [3.05, 3.63) is 22.4 Å².